The summed E-state index contributed by atoms with van der Waals surface area (Å²) in [6, 6.07) is 13.5. The van der Waals surface area contributed by atoms with E-state index in [-0.39, 0.29) is 36.3 Å². The highest BCUT2D eigenvalue weighted by Gasteiger charge is 2.27. The van der Waals surface area contributed by atoms with E-state index in [4.69, 9.17) is 4.98 Å². The Morgan fingerprint density at radius 2 is 1.89 bits per heavy atom. The lowest BCUT2D eigenvalue weighted by molar-refractivity contribution is -0.132. The number of para-hydroxylation sites is 1. The minimum Gasteiger partial charge on any atom is -0.342 e. The number of halogens is 1. The molecule has 1 atom stereocenters. The van der Waals surface area contributed by atoms with Gasteiger partial charge in [-0.2, -0.15) is 0 Å². The molecule has 0 spiro atoms. The third-order valence-electron chi connectivity index (χ3n) is 5.17. The van der Waals surface area contributed by atoms with E-state index in [0.29, 0.717) is 12.1 Å². The molecule has 1 saturated heterocycles. The van der Waals surface area contributed by atoms with E-state index < -0.39 is 0 Å². The highest BCUT2D eigenvalue weighted by Crippen LogP contribution is 2.33. The summed E-state index contributed by atoms with van der Waals surface area (Å²) in [5.41, 5.74) is 1.45. The highest BCUT2D eigenvalue weighted by atomic mass is 32.1. The number of piperidine rings is 1. The quantitative estimate of drug-likeness (QED) is 0.582. The number of aromatic nitrogens is 1. The number of fused-ring (bicyclic) bond motifs is 1. The number of ketones is 1. The molecule has 0 bridgehead atoms. The molecular weight excluding hydrogens is 375 g/mol. The molecule has 0 aliphatic carbocycles. The number of Topliss-reactive ketones (excluding diaryl/α,β-unsaturated/α-hetero) is 1. The van der Waals surface area contributed by atoms with Crippen LogP contribution in [0.3, 0.4) is 0 Å². The summed E-state index contributed by atoms with van der Waals surface area (Å²) < 4.78 is 14.1. The fraction of sp³-hybridized carbons (Fsp3) is 0.318. The van der Waals surface area contributed by atoms with Gasteiger partial charge in [-0.25, -0.2) is 9.37 Å². The number of amides is 1. The van der Waals surface area contributed by atoms with Gasteiger partial charge >= 0.3 is 0 Å². The van der Waals surface area contributed by atoms with Crippen molar-refractivity contribution in [2.45, 2.75) is 31.6 Å². The summed E-state index contributed by atoms with van der Waals surface area (Å²) in [5, 5.41) is 1.08. The zero-order valence-corrected chi connectivity index (χ0v) is 16.3. The SMILES string of the molecule is O=C(CCC(=O)N1CCC[C@@H](c2nc3ccccc3s2)C1)c1ccc(F)cc1. The van der Waals surface area contributed by atoms with E-state index in [1.807, 2.05) is 23.1 Å². The topological polar surface area (TPSA) is 50.3 Å². The lowest BCUT2D eigenvalue weighted by Crippen LogP contribution is -2.39. The average Bonchev–Trinajstić information content (AvgIpc) is 3.17. The first kappa shape index (κ1) is 18.7. The number of hydrogen-bond acceptors (Lipinski definition) is 4. The average molecular weight is 396 g/mol. The number of hydrogen-bond donors (Lipinski definition) is 0. The lowest BCUT2D eigenvalue weighted by Gasteiger charge is -2.31. The minimum atomic E-state index is -0.373. The van der Waals surface area contributed by atoms with Crippen LogP contribution in [0.25, 0.3) is 10.2 Å². The molecule has 6 heteroatoms. The molecule has 1 fully saturated rings. The summed E-state index contributed by atoms with van der Waals surface area (Å²) in [4.78, 5) is 31.5. The Balaban J connectivity index is 1.36. The summed E-state index contributed by atoms with van der Waals surface area (Å²) >= 11 is 1.70. The number of carbonyl (C=O) groups is 2. The maximum absolute atomic E-state index is 13.0. The van der Waals surface area contributed by atoms with Crippen molar-refractivity contribution < 1.29 is 14.0 Å². The molecule has 2 heterocycles. The Hall–Kier alpha value is -2.60. The normalized spacial score (nSPS) is 17.0. The van der Waals surface area contributed by atoms with Gasteiger partial charge in [-0.1, -0.05) is 12.1 Å². The molecule has 4 rings (SSSR count). The van der Waals surface area contributed by atoms with Gasteiger partial charge in [0.25, 0.3) is 0 Å². The van der Waals surface area contributed by atoms with E-state index in [1.54, 1.807) is 11.3 Å². The summed E-state index contributed by atoms with van der Waals surface area (Å²) in [6.07, 6.45) is 2.30. The fourth-order valence-electron chi connectivity index (χ4n) is 3.63. The summed E-state index contributed by atoms with van der Waals surface area (Å²) in [6.45, 7) is 1.38. The van der Waals surface area contributed by atoms with Crippen molar-refractivity contribution in [2.75, 3.05) is 13.1 Å². The van der Waals surface area contributed by atoms with Crippen LogP contribution in [0.15, 0.2) is 48.5 Å². The van der Waals surface area contributed by atoms with Gasteiger partial charge < -0.3 is 4.90 Å². The monoisotopic (exact) mass is 396 g/mol. The van der Waals surface area contributed by atoms with Gasteiger partial charge in [0.1, 0.15) is 5.82 Å². The van der Waals surface area contributed by atoms with Crippen LogP contribution in [0, 0.1) is 5.82 Å². The molecule has 2 aromatic carbocycles. The van der Waals surface area contributed by atoms with E-state index in [9.17, 15) is 14.0 Å². The third-order valence-corrected chi connectivity index (χ3v) is 6.36. The van der Waals surface area contributed by atoms with Crippen molar-refractivity contribution in [3.63, 3.8) is 0 Å². The largest absolute Gasteiger partial charge is 0.342 e. The first-order chi connectivity index (χ1) is 13.6. The predicted molar refractivity (Wildman–Crippen MR) is 108 cm³/mol. The Labute approximate surface area is 167 Å². The number of carbonyl (C=O) groups excluding carboxylic acids is 2. The Kier molecular flexibility index (Phi) is 5.48. The Bertz CT molecular complexity index is 966. The molecule has 1 aliphatic heterocycles. The third kappa shape index (κ3) is 4.12. The standard InChI is InChI=1S/C22H21FN2O2S/c23-17-9-7-15(8-10-17)19(26)11-12-21(27)25-13-3-4-16(14-25)22-24-18-5-1-2-6-20(18)28-22/h1-2,5-10,16H,3-4,11-14H2/t16-/m1/s1. The second-order valence-corrected chi connectivity index (χ2v) is 8.19. The van der Waals surface area contributed by atoms with Crippen molar-refractivity contribution in [3.8, 4) is 0 Å². The van der Waals surface area contributed by atoms with Gasteiger partial charge in [-0.3, -0.25) is 9.59 Å². The van der Waals surface area contributed by atoms with Gasteiger partial charge in [0.15, 0.2) is 5.78 Å². The lowest BCUT2D eigenvalue weighted by atomic mass is 9.98. The summed E-state index contributed by atoms with van der Waals surface area (Å²) in [5.74, 6) is -0.251. The smallest absolute Gasteiger partial charge is 0.223 e. The van der Waals surface area contributed by atoms with E-state index in [0.717, 1.165) is 29.9 Å². The van der Waals surface area contributed by atoms with Gasteiger partial charge in [0.2, 0.25) is 5.91 Å². The first-order valence-corrected chi connectivity index (χ1v) is 10.3. The number of rotatable bonds is 5. The van der Waals surface area contributed by atoms with E-state index in [2.05, 4.69) is 6.07 Å². The van der Waals surface area contributed by atoms with Gasteiger partial charge in [-0.15, -0.1) is 11.3 Å². The van der Waals surface area contributed by atoms with Crippen molar-refractivity contribution in [1.29, 1.82) is 0 Å². The highest BCUT2D eigenvalue weighted by molar-refractivity contribution is 7.18. The number of thiazole rings is 1. The second-order valence-electron chi connectivity index (χ2n) is 7.13. The number of benzene rings is 2. The van der Waals surface area contributed by atoms with Crippen LogP contribution in [0.1, 0.15) is 47.0 Å². The number of likely N-dealkylation sites (tertiary alicyclic amines) is 1. The van der Waals surface area contributed by atoms with Crippen LogP contribution >= 0.6 is 11.3 Å². The molecule has 144 valence electrons. The Morgan fingerprint density at radius 1 is 1.11 bits per heavy atom. The maximum Gasteiger partial charge on any atom is 0.223 e. The van der Waals surface area contributed by atoms with Crippen LogP contribution in [-0.4, -0.2) is 34.7 Å². The van der Waals surface area contributed by atoms with Gasteiger partial charge in [0.05, 0.1) is 15.2 Å². The molecule has 0 radical (unpaired) electrons. The van der Waals surface area contributed by atoms with Crippen molar-refractivity contribution in [1.82, 2.24) is 9.88 Å². The van der Waals surface area contributed by atoms with Crippen molar-refractivity contribution in [2.24, 2.45) is 0 Å². The number of nitrogens with zero attached hydrogens (tertiary/aromatic N) is 2. The molecule has 0 N–H and O–H groups in total. The second kappa shape index (κ2) is 8.19. The first-order valence-electron chi connectivity index (χ1n) is 9.52. The Morgan fingerprint density at radius 3 is 2.68 bits per heavy atom. The maximum atomic E-state index is 13.0. The van der Waals surface area contributed by atoms with Crippen LogP contribution in [-0.2, 0) is 4.79 Å². The predicted octanol–water partition coefficient (Wildman–Crippen LogP) is 4.80. The molecule has 1 amide bonds. The molecule has 1 aromatic heterocycles. The van der Waals surface area contributed by atoms with Crippen LogP contribution in [0.2, 0.25) is 0 Å². The molecule has 28 heavy (non-hydrogen) atoms. The summed E-state index contributed by atoms with van der Waals surface area (Å²) in [7, 11) is 0. The molecule has 4 nitrogen and oxygen atoms in total. The van der Waals surface area contributed by atoms with Crippen LogP contribution in [0.4, 0.5) is 4.39 Å². The molecule has 0 saturated carbocycles. The fourth-order valence-corrected chi connectivity index (χ4v) is 4.72. The molecule has 3 aromatic rings. The molecule has 1 aliphatic rings. The van der Waals surface area contributed by atoms with Crippen LogP contribution < -0.4 is 0 Å². The van der Waals surface area contributed by atoms with Crippen LogP contribution in [0.5, 0.6) is 0 Å². The van der Waals surface area contributed by atoms with Gasteiger partial charge in [-0.05, 0) is 49.2 Å². The zero-order valence-electron chi connectivity index (χ0n) is 15.4. The van der Waals surface area contributed by atoms with Crippen molar-refractivity contribution >= 4 is 33.2 Å². The zero-order chi connectivity index (χ0) is 19.5. The van der Waals surface area contributed by atoms with E-state index >= 15 is 0 Å². The van der Waals surface area contributed by atoms with Gasteiger partial charge in [0, 0.05) is 37.4 Å². The molecule has 0 unspecified atom stereocenters. The van der Waals surface area contributed by atoms with Crippen molar-refractivity contribution in [3.05, 3.63) is 64.9 Å². The minimum absolute atomic E-state index is 0.00118. The molecular formula is C22H21FN2O2S. The van der Waals surface area contributed by atoms with E-state index in [1.165, 1.54) is 29.0 Å².